The van der Waals surface area contributed by atoms with E-state index in [1.165, 1.54) is 6.07 Å². The molecule has 0 radical (unpaired) electrons. The van der Waals surface area contributed by atoms with E-state index in [2.05, 4.69) is 25.2 Å². The molecule has 1 amide bonds. The number of hydrogen-bond donors (Lipinski definition) is 3. The molecule has 3 rings (SSSR count). The summed E-state index contributed by atoms with van der Waals surface area (Å²) < 4.78 is 30.5. The number of nitrogens with zero attached hydrogens (tertiary/aromatic N) is 2. The van der Waals surface area contributed by atoms with E-state index in [4.69, 9.17) is 4.74 Å². The minimum atomic E-state index is -3.44. The molecular weight excluding hydrogens is 394 g/mol. The van der Waals surface area contributed by atoms with Gasteiger partial charge in [0.2, 0.25) is 10.0 Å². The number of rotatable bonds is 7. The lowest BCUT2D eigenvalue weighted by atomic mass is 10.1. The lowest BCUT2D eigenvalue weighted by molar-refractivity contribution is 0.0950. The third kappa shape index (κ3) is 5.32. The van der Waals surface area contributed by atoms with Gasteiger partial charge in [-0.05, 0) is 48.9 Å². The number of nitrogens with one attached hydrogen (secondary N) is 3. The monoisotopic (exact) mass is 415 g/mol. The van der Waals surface area contributed by atoms with E-state index < -0.39 is 10.0 Å². The molecule has 0 aliphatic carbocycles. The molecule has 0 spiro atoms. The Morgan fingerprint density at radius 3 is 2.55 bits per heavy atom. The fourth-order valence-corrected chi connectivity index (χ4v) is 3.20. The lowest BCUT2D eigenvalue weighted by Crippen LogP contribution is -2.23. The minimum Gasteiger partial charge on any atom is -0.497 e. The van der Waals surface area contributed by atoms with Crippen LogP contribution in [0, 0.1) is 6.92 Å². The molecule has 0 unspecified atom stereocenters. The van der Waals surface area contributed by atoms with Crippen molar-refractivity contribution in [3.63, 3.8) is 0 Å². The Morgan fingerprint density at radius 1 is 1.17 bits per heavy atom. The van der Waals surface area contributed by atoms with E-state index >= 15 is 0 Å². The zero-order chi connectivity index (χ0) is 21.0. The van der Waals surface area contributed by atoms with Crippen LogP contribution in [0.15, 0.2) is 42.5 Å². The van der Waals surface area contributed by atoms with Gasteiger partial charge >= 0.3 is 0 Å². The molecule has 3 N–H and O–H groups in total. The zero-order valence-electron chi connectivity index (χ0n) is 16.2. The van der Waals surface area contributed by atoms with Gasteiger partial charge in [0.25, 0.3) is 5.91 Å². The number of H-pyrrole nitrogens is 1. The van der Waals surface area contributed by atoms with Crippen molar-refractivity contribution in [3.8, 4) is 17.1 Å². The van der Waals surface area contributed by atoms with Crippen LogP contribution in [0.2, 0.25) is 0 Å². The number of carbonyl (C=O) groups is 1. The summed E-state index contributed by atoms with van der Waals surface area (Å²) in [5, 5.41) is 9.68. The second kappa shape index (κ2) is 8.31. The molecule has 152 valence electrons. The minimum absolute atomic E-state index is 0.144. The molecule has 0 aliphatic rings. The van der Waals surface area contributed by atoms with Crippen molar-refractivity contribution in [1.82, 2.24) is 20.5 Å². The molecule has 29 heavy (non-hydrogen) atoms. The third-order valence-electron chi connectivity index (χ3n) is 4.09. The van der Waals surface area contributed by atoms with E-state index in [9.17, 15) is 13.2 Å². The van der Waals surface area contributed by atoms with Gasteiger partial charge in [-0.1, -0.05) is 6.07 Å². The molecule has 3 aromatic rings. The molecule has 0 saturated heterocycles. The highest BCUT2D eigenvalue weighted by Gasteiger charge is 2.12. The van der Waals surface area contributed by atoms with Gasteiger partial charge in [-0.15, -0.1) is 0 Å². The second-order valence-electron chi connectivity index (χ2n) is 6.42. The van der Waals surface area contributed by atoms with Crippen LogP contribution in [0.3, 0.4) is 0 Å². The Hall–Kier alpha value is -3.40. The van der Waals surface area contributed by atoms with Crippen LogP contribution < -0.4 is 14.8 Å². The van der Waals surface area contributed by atoms with Crippen molar-refractivity contribution in [2.45, 2.75) is 13.5 Å². The smallest absolute Gasteiger partial charge is 0.251 e. The summed E-state index contributed by atoms with van der Waals surface area (Å²) >= 11 is 0. The number of methoxy groups -OCH3 is 1. The average molecular weight is 415 g/mol. The predicted octanol–water partition coefficient (Wildman–Crippen LogP) is 2.09. The fraction of sp³-hybridized carbons (Fsp3) is 0.211. The average Bonchev–Trinajstić information content (AvgIpc) is 3.16. The van der Waals surface area contributed by atoms with Crippen molar-refractivity contribution in [3.05, 3.63) is 59.4 Å². The maximum absolute atomic E-state index is 12.4. The first-order valence-electron chi connectivity index (χ1n) is 8.67. The Kier molecular flexibility index (Phi) is 5.83. The summed E-state index contributed by atoms with van der Waals surface area (Å²) in [5.74, 6) is 1.38. The predicted molar refractivity (Wildman–Crippen MR) is 109 cm³/mol. The number of anilines is 1. The second-order valence-corrected chi connectivity index (χ2v) is 8.17. The number of carbonyl (C=O) groups excluding carboxylic acids is 1. The molecule has 0 saturated carbocycles. The first-order valence-corrected chi connectivity index (χ1v) is 10.6. The van der Waals surface area contributed by atoms with Gasteiger partial charge in [-0.3, -0.25) is 14.6 Å². The zero-order valence-corrected chi connectivity index (χ0v) is 17.0. The molecule has 1 heterocycles. The number of aromatic amines is 1. The SMILES string of the molecule is COc1ccc(-c2n[nH]c(CNC(=O)c3ccc(C)c(NS(C)(=O)=O)c3)n2)cc1. The number of benzene rings is 2. The molecule has 9 nitrogen and oxygen atoms in total. The molecule has 0 fully saturated rings. The molecule has 0 atom stereocenters. The van der Waals surface area contributed by atoms with Crippen LogP contribution in [-0.4, -0.2) is 42.9 Å². The van der Waals surface area contributed by atoms with Gasteiger partial charge < -0.3 is 10.1 Å². The molecule has 1 aromatic heterocycles. The molecular formula is C19H21N5O4S. The summed E-state index contributed by atoms with van der Waals surface area (Å²) in [4.78, 5) is 16.8. The Morgan fingerprint density at radius 2 is 1.90 bits per heavy atom. The molecule has 0 bridgehead atoms. The quantitative estimate of drug-likeness (QED) is 0.542. The van der Waals surface area contributed by atoms with Gasteiger partial charge in [0, 0.05) is 11.1 Å². The first kappa shape index (κ1) is 20.3. The van der Waals surface area contributed by atoms with Crippen LogP contribution in [0.4, 0.5) is 5.69 Å². The van der Waals surface area contributed by atoms with Crippen molar-refractivity contribution in [2.75, 3.05) is 18.1 Å². The molecule has 0 aliphatic heterocycles. The van der Waals surface area contributed by atoms with Crippen LogP contribution >= 0.6 is 0 Å². The fourth-order valence-electron chi connectivity index (χ4n) is 2.58. The summed E-state index contributed by atoms with van der Waals surface area (Å²) in [6, 6.07) is 12.1. The Balaban J connectivity index is 1.66. The van der Waals surface area contributed by atoms with E-state index in [1.807, 2.05) is 24.3 Å². The standard InChI is InChI=1S/C19H21N5O4S/c1-12-4-5-14(10-16(12)24-29(3,26)27)19(25)20-11-17-21-18(23-22-17)13-6-8-15(28-2)9-7-13/h4-10,24H,11H2,1-3H3,(H,20,25)(H,21,22,23). The van der Waals surface area contributed by atoms with Crippen LogP contribution in [0.1, 0.15) is 21.7 Å². The van der Waals surface area contributed by atoms with E-state index in [-0.39, 0.29) is 12.5 Å². The van der Waals surface area contributed by atoms with Crippen molar-refractivity contribution < 1.29 is 17.9 Å². The highest BCUT2D eigenvalue weighted by molar-refractivity contribution is 7.92. The lowest BCUT2D eigenvalue weighted by Gasteiger charge is -2.10. The highest BCUT2D eigenvalue weighted by atomic mass is 32.2. The van der Waals surface area contributed by atoms with Crippen molar-refractivity contribution in [1.29, 1.82) is 0 Å². The largest absolute Gasteiger partial charge is 0.497 e. The van der Waals surface area contributed by atoms with Crippen molar-refractivity contribution in [2.24, 2.45) is 0 Å². The van der Waals surface area contributed by atoms with Crippen molar-refractivity contribution >= 4 is 21.6 Å². The van der Waals surface area contributed by atoms with Gasteiger partial charge in [-0.2, -0.15) is 5.10 Å². The van der Waals surface area contributed by atoms with E-state index in [1.54, 1.807) is 26.2 Å². The summed E-state index contributed by atoms with van der Waals surface area (Å²) in [7, 11) is -1.84. The maximum Gasteiger partial charge on any atom is 0.251 e. The van der Waals surface area contributed by atoms with E-state index in [0.29, 0.717) is 28.5 Å². The summed E-state index contributed by atoms with van der Waals surface area (Å²) in [6.07, 6.45) is 1.06. The normalized spacial score (nSPS) is 11.1. The number of ether oxygens (including phenoxy) is 1. The Labute approximate surface area is 168 Å². The highest BCUT2D eigenvalue weighted by Crippen LogP contribution is 2.20. The molecule has 10 heteroatoms. The summed E-state index contributed by atoms with van der Waals surface area (Å²) in [5.41, 5.74) is 2.22. The van der Waals surface area contributed by atoms with Gasteiger partial charge in [0.15, 0.2) is 5.82 Å². The van der Waals surface area contributed by atoms with Gasteiger partial charge in [0.1, 0.15) is 11.6 Å². The number of aromatic nitrogens is 3. The number of aryl methyl sites for hydroxylation is 1. The van der Waals surface area contributed by atoms with Crippen LogP contribution in [-0.2, 0) is 16.6 Å². The van der Waals surface area contributed by atoms with Gasteiger partial charge in [-0.25, -0.2) is 13.4 Å². The van der Waals surface area contributed by atoms with Gasteiger partial charge in [0.05, 0.1) is 25.6 Å². The Bertz CT molecular complexity index is 1120. The first-order chi connectivity index (χ1) is 13.7. The van der Waals surface area contributed by atoms with Crippen LogP contribution in [0.25, 0.3) is 11.4 Å². The number of amides is 1. The third-order valence-corrected chi connectivity index (χ3v) is 4.68. The topological polar surface area (TPSA) is 126 Å². The maximum atomic E-state index is 12.4. The molecule has 2 aromatic carbocycles. The number of hydrogen-bond acceptors (Lipinski definition) is 6. The number of sulfonamides is 1. The van der Waals surface area contributed by atoms with E-state index in [0.717, 1.165) is 17.6 Å². The summed E-state index contributed by atoms with van der Waals surface area (Å²) in [6.45, 7) is 1.90. The van der Waals surface area contributed by atoms with Crippen LogP contribution in [0.5, 0.6) is 5.75 Å².